The minimum Gasteiger partial charge on any atom is -0.503 e. The average Bonchev–Trinajstić information content (AvgIpc) is 3.42. The second-order valence-electron chi connectivity index (χ2n) is 8.01. The molecule has 0 bridgehead atoms. The average molecular weight is 502 g/mol. The lowest BCUT2D eigenvalue weighted by Gasteiger charge is -2.24. The van der Waals surface area contributed by atoms with Gasteiger partial charge in [0.1, 0.15) is 23.1 Å². The first-order valence-electron chi connectivity index (χ1n) is 10.4. The summed E-state index contributed by atoms with van der Waals surface area (Å²) in [6, 6.07) is 9.63. The first-order valence-corrected chi connectivity index (χ1v) is 11.2. The highest BCUT2D eigenvalue weighted by Crippen LogP contribution is 2.40. The highest BCUT2D eigenvalue weighted by Gasteiger charge is 2.45. The van der Waals surface area contributed by atoms with Crippen LogP contribution >= 0.6 is 15.9 Å². The van der Waals surface area contributed by atoms with Crippen LogP contribution < -0.4 is 0 Å². The number of benzene rings is 1. The lowest BCUT2D eigenvalue weighted by Crippen LogP contribution is -2.32. The highest BCUT2D eigenvalue weighted by atomic mass is 79.9. The molecule has 1 aliphatic rings. The Hall–Kier alpha value is -2.84. The second kappa shape index (κ2) is 8.96. The van der Waals surface area contributed by atoms with E-state index in [1.807, 2.05) is 26.0 Å². The summed E-state index contributed by atoms with van der Waals surface area (Å²) in [5, 5.41) is 11.4. The highest BCUT2D eigenvalue weighted by molar-refractivity contribution is 9.10. The molecule has 1 aliphatic heterocycles. The Kier molecular flexibility index (Phi) is 6.26. The number of carbonyl (C=O) groups is 2. The van der Waals surface area contributed by atoms with Gasteiger partial charge in [-0.1, -0.05) is 15.9 Å². The van der Waals surface area contributed by atoms with E-state index in [1.165, 1.54) is 4.90 Å². The third kappa shape index (κ3) is 4.25. The molecule has 2 aromatic heterocycles. The van der Waals surface area contributed by atoms with Crippen LogP contribution in [0.25, 0.3) is 11.0 Å². The topological polar surface area (TPSA) is 93.1 Å². The Labute approximate surface area is 193 Å². The Morgan fingerprint density at radius 3 is 2.69 bits per heavy atom. The first-order chi connectivity index (χ1) is 15.3. The van der Waals surface area contributed by atoms with Crippen LogP contribution in [0.3, 0.4) is 0 Å². The van der Waals surface area contributed by atoms with Crippen molar-refractivity contribution < 1.29 is 28.3 Å². The van der Waals surface area contributed by atoms with E-state index in [9.17, 15) is 14.7 Å². The predicted molar refractivity (Wildman–Crippen MR) is 122 cm³/mol. The smallest absolute Gasteiger partial charge is 0.290 e. The van der Waals surface area contributed by atoms with Crippen LogP contribution in [0, 0.1) is 6.92 Å². The molecule has 0 spiro atoms. The maximum atomic E-state index is 13.4. The van der Waals surface area contributed by atoms with Gasteiger partial charge in [-0.15, -0.1) is 0 Å². The molecular formula is C24H24BrNO6. The van der Waals surface area contributed by atoms with E-state index in [4.69, 9.17) is 13.6 Å². The monoisotopic (exact) mass is 501 g/mol. The summed E-state index contributed by atoms with van der Waals surface area (Å²) in [5.41, 5.74) is 0.487. The second-order valence-corrected chi connectivity index (χ2v) is 8.92. The predicted octanol–water partition coefficient (Wildman–Crippen LogP) is 5.49. The molecular weight excluding hydrogens is 478 g/mol. The Morgan fingerprint density at radius 2 is 2.00 bits per heavy atom. The molecule has 1 aromatic carbocycles. The minimum absolute atomic E-state index is 0.0470. The van der Waals surface area contributed by atoms with Gasteiger partial charge in [-0.3, -0.25) is 9.59 Å². The number of amides is 1. The number of fused-ring (bicyclic) bond motifs is 1. The summed E-state index contributed by atoms with van der Waals surface area (Å²) in [6.07, 6.45) is 0.623. The van der Waals surface area contributed by atoms with Crippen molar-refractivity contribution in [2.24, 2.45) is 0 Å². The van der Waals surface area contributed by atoms with Crippen molar-refractivity contribution in [3.8, 4) is 0 Å². The fourth-order valence-electron chi connectivity index (χ4n) is 3.83. The van der Waals surface area contributed by atoms with Crippen LogP contribution in [0.5, 0.6) is 0 Å². The van der Waals surface area contributed by atoms with Gasteiger partial charge in [-0.05, 0) is 63.6 Å². The number of ketones is 1. The number of hydrogen-bond acceptors (Lipinski definition) is 6. The molecule has 32 heavy (non-hydrogen) atoms. The molecule has 3 heterocycles. The molecule has 8 heteroatoms. The lowest BCUT2D eigenvalue weighted by molar-refractivity contribution is -0.129. The van der Waals surface area contributed by atoms with E-state index in [0.717, 1.165) is 9.86 Å². The molecule has 4 rings (SSSR count). The summed E-state index contributed by atoms with van der Waals surface area (Å²) in [6.45, 7) is 6.40. The van der Waals surface area contributed by atoms with E-state index >= 15 is 0 Å². The zero-order valence-corrected chi connectivity index (χ0v) is 19.6. The number of hydrogen-bond donors (Lipinski definition) is 1. The van der Waals surface area contributed by atoms with Gasteiger partial charge in [-0.2, -0.15) is 0 Å². The number of ether oxygens (including phenoxy) is 1. The van der Waals surface area contributed by atoms with Crippen molar-refractivity contribution >= 4 is 38.6 Å². The summed E-state index contributed by atoms with van der Waals surface area (Å²) in [7, 11) is 0. The molecule has 0 aliphatic carbocycles. The molecule has 7 nitrogen and oxygen atoms in total. The van der Waals surface area contributed by atoms with Crippen LogP contribution in [0.2, 0.25) is 0 Å². The molecule has 1 atom stereocenters. The Bertz CT molecular complexity index is 1200. The quantitative estimate of drug-likeness (QED) is 0.324. The van der Waals surface area contributed by atoms with Gasteiger partial charge in [0.2, 0.25) is 5.78 Å². The van der Waals surface area contributed by atoms with E-state index in [1.54, 1.807) is 31.2 Å². The summed E-state index contributed by atoms with van der Waals surface area (Å²) < 4.78 is 17.9. The number of carbonyl (C=O) groups excluding carboxylic acids is 2. The number of furan rings is 2. The fourth-order valence-corrected chi connectivity index (χ4v) is 4.20. The third-order valence-electron chi connectivity index (χ3n) is 5.28. The fraction of sp³-hybridized carbons (Fsp3) is 0.333. The summed E-state index contributed by atoms with van der Waals surface area (Å²) in [5.74, 6) is -0.653. The van der Waals surface area contributed by atoms with Crippen molar-refractivity contribution in [3.63, 3.8) is 0 Å². The van der Waals surface area contributed by atoms with Crippen LogP contribution in [0.4, 0.5) is 0 Å². The van der Waals surface area contributed by atoms with Crippen LogP contribution in [0.15, 0.2) is 61.0 Å². The van der Waals surface area contributed by atoms with Crippen molar-refractivity contribution in [2.75, 3.05) is 13.2 Å². The molecule has 1 N–H and O–H groups in total. The van der Waals surface area contributed by atoms with Crippen molar-refractivity contribution in [2.45, 2.75) is 39.3 Å². The zero-order valence-electron chi connectivity index (χ0n) is 18.1. The molecule has 0 fully saturated rings. The number of aryl methyl sites for hydroxylation is 1. The molecule has 1 unspecified atom stereocenters. The molecule has 0 saturated carbocycles. The number of Topliss-reactive ketones (excluding diaryl/α,β-unsaturated/α-hetero) is 1. The molecule has 168 valence electrons. The van der Waals surface area contributed by atoms with Gasteiger partial charge < -0.3 is 23.6 Å². The van der Waals surface area contributed by atoms with Crippen LogP contribution in [0.1, 0.15) is 48.4 Å². The normalized spacial score (nSPS) is 16.7. The van der Waals surface area contributed by atoms with Crippen molar-refractivity contribution in [3.05, 3.63) is 69.5 Å². The zero-order chi connectivity index (χ0) is 23.0. The maximum Gasteiger partial charge on any atom is 0.290 e. The van der Waals surface area contributed by atoms with E-state index in [-0.39, 0.29) is 17.4 Å². The van der Waals surface area contributed by atoms with Crippen LogP contribution in [-0.2, 0) is 9.53 Å². The van der Waals surface area contributed by atoms with Crippen LogP contribution in [-0.4, -0.2) is 41.0 Å². The number of nitrogens with zero attached hydrogens (tertiary/aromatic N) is 1. The number of rotatable bonds is 8. The van der Waals surface area contributed by atoms with E-state index in [2.05, 4.69) is 15.9 Å². The number of aliphatic hydroxyl groups excluding tert-OH is 1. The van der Waals surface area contributed by atoms with Gasteiger partial charge in [-0.25, -0.2) is 0 Å². The minimum atomic E-state index is -0.845. The molecule has 1 amide bonds. The van der Waals surface area contributed by atoms with Crippen molar-refractivity contribution in [1.82, 2.24) is 4.90 Å². The number of halogens is 1. The largest absolute Gasteiger partial charge is 0.503 e. The van der Waals surface area contributed by atoms with Gasteiger partial charge >= 0.3 is 0 Å². The Morgan fingerprint density at radius 1 is 1.22 bits per heavy atom. The maximum absolute atomic E-state index is 13.4. The van der Waals surface area contributed by atoms with Gasteiger partial charge in [0.15, 0.2) is 11.5 Å². The standard InChI is InChI=1S/C24H24BrNO6/c1-13(2)30-10-4-9-26-21(18-7-5-14(3)31-18)20(23(28)24(26)29)22(27)19-12-15-11-16(25)6-8-17(15)32-19/h5-8,11-13,21,28H,4,9-10H2,1-3H3. The lowest BCUT2D eigenvalue weighted by atomic mass is 9.99. The summed E-state index contributed by atoms with van der Waals surface area (Å²) in [4.78, 5) is 27.8. The number of aliphatic hydroxyl groups is 1. The Balaban J connectivity index is 1.69. The SMILES string of the molecule is Cc1ccc(C2C(C(=O)c3cc4cc(Br)ccc4o3)=C(O)C(=O)N2CCCOC(C)C)o1. The van der Waals surface area contributed by atoms with Crippen molar-refractivity contribution in [1.29, 1.82) is 0 Å². The van der Waals surface area contributed by atoms with E-state index in [0.29, 0.717) is 36.7 Å². The van der Waals surface area contributed by atoms with E-state index < -0.39 is 23.5 Å². The first kappa shape index (κ1) is 22.4. The molecule has 0 saturated heterocycles. The molecule has 0 radical (unpaired) electrons. The van der Waals surface area contributed by atoms with Gasteiger partial charge in [0, 0.05) is 23.0 Å². The van der Waals surface area contributed by atoms with Gasteiger partial charge in [0.25, 0.3) is 5.91 Å². The third-order valence-corrected chi connectivity index (χ3v) is 5.77. The summed E-state index contributed by atoms with van der Waals surface area (Å²) >= 11 is 3.40. The molecule has 3 aromatic rings. The van der Waals surface area contributed by atoms with Gasteiger partial charge in [0.05, 0.1) is 11.7 Å².